The smallest absolute Gasteiger partial charge is 0.403 e. The number of hydrogen-bond donors (Lipinski definition) is 0. The molecule has 2 fully saturated rings. The van der Waals surface area contributed by atoms with Crippen LogP contribution in [0.5, 0.6) is 0 Å². The average molecular weight is 400 g/mol. The molecule has 0 aromatic heterocycles. The molecule has 6 heteroatoms. The first kappa shape index (κ1) is 22.9. The monoisotopic (exact) mass is 400 g/mol. The van der Waals surface area contributed by atoms with Crippen LogP contribution < -0.4 is 0 Å². The van der Waals surface area contributed by atoms with Gasteiger partial charge in [-0.15, -0.1) is 0 Å². The van der Waals surface area contributed by atoms with E-state index in [-0.39, 0.29) is 42.4 Å². The molecule has 0 N–H and O–H groups in total. The molecular formula is C23H38B2O4. The van der Waals surface area contributed by atoms with E-state index < -0.39 is 0 Å². The maximum Gasteiger partial charge on any atom is 0.459 e. The number of aryl methyl sites for hydroxylation is 1. The maximum atomic E-state index is 6.47. The van der Waals surface area contributed by atoms with Gasteiger partial charge in [0, 0.05) is 5.72 Å². The molecule has 0 saturated carbocycles. The Labute approximate surface area is 178 Å². The quantitative estimate of drug-likeness (QED) is 0.604. The number of rotatable bonds is 6. The summed E-state index contributed by atoms with van der Waals surface area (Å²) in [6.45, 7) is 19.1. The minimum atomic E-state index is -0.376. The van der Waals surface area contributed by atoms with E-state index in [9.17, 15) is 0 Å². The van der Waals surface area contributed by atoms with Gasteiger partial charge in [0.05, 0.1) is 22.4 Å². The highest BCUT2D eigenvalue weighted by atomic mass is 16.7. The van der Waals surface area contributed by atoms with Crippen molar-refractivity contribution in [3.8, 4) is 0 Å². The summed E-state index contributed by atoms with van der Waals surface area (Å²) in [4.78, 5) is 0. The predicted molar refractivity (Wildman–Crippen MR) is 120 cm³/mol. The zero-order valence-electron chi connectivity index (χ0n) is 19.7. The summed E-state index contributed by atoms with van der Waals surface area (Å²) in [7, 11) is -0.721. The molecule has 2 saturated heterocycles. The SMILES string of the molecule is CC(CCc1ccccc1)C(B1OC(C)(C)C(C)(C)O1)B1OC(C)(C)C(C)(C)O1. The molecule has 4 nitrogen and oxygen atoms in total. The average Bonchev–Trinajstić information content (AvgIpc) is 2.93. The third-order valence-electron chi connectivity index (χ3n) is 7.56. The van der Waals surface area contributed by atoms with Crippen molar-refractivity contribution in [2.45, 2.75) is 103 Å². The lowest BCUT2D eigenvalue weighted by Crippen LogP contribution is -2.42. The van der Waals surface area contributed by atoms with Crippen molar-refractivity contribution < 1.29 is 18.6 Å². The van der Waals surface area contributed by atoms with Crippen LogP contribution in [0.2, 0.25) is 5.72 Å². The molecule has 2 aliphatic rings. The van der Waals surface area contributed by atoms with Gasteiger partial charge in [0.25, 0.3) is 0 Å². The van der Waals surface area contributed by atoms with Crippen molar-refractivity contribution >= 4 is 14.2 Å². The second-order valence-corrected chi connectivity index (χ2v) is 10.8. The Balaban J connectivity index is 1.82. The zero-order chi connectivity index (χ0) is 21.7. The molecule has 2 aliphatic heterocycles. The lowest BCUT2D eigenvalue weighted by molar-refractivity contribution is 0.00578. The first-order chi connectivity index (χ1) is 13.3. The largest absolute Gasteiger partial charge is 0.459 e. The normalized spacial score (nSPS) is 25.6. The van der Waals surface area contributed by atoms with Gasteiger partial charge in [0.15, 0.2) is 0 Å². The fraction of sp³-hybridized carbons (Fsp3) is 0.739. The van der Waals surface area contributed by atoms with E-state index in [1.165, 1.54) is 5.56 Å². The van der Waals surface area contributed by atoms with Crippen molar-refractivity contribution in [2.75, 3.05) is 0 Å². The second-order valence-electron chi connectivity index (χ2n) is 10.8. The lowest BCUT2D eigenvalue weighted by Gasteiger charge is -2.32. The van der Waals surface area contributed by atoms with Crippen molar-refractivity contribution in [3.63, 3.8) is 0 Å². The predicted octanol–water partition coefficient (Wildman–Crippen LogP) is 5.35. The third kappa shape index (κ3) is 4.46. The Hall–Kier alpha value is -0.810. The summed E-state index contributed by atoms with van der Waals surface area (Å²) in [6.07, 6.45) is 2.03. The third-order valence-corrected chi connectivity index (χ3v) is 7.56. The molecule has 29 heavy (non-hydrogen) atoms. The van der Waals surface area contributed by atoms with Gasteiger partial charge in [-0.25, -0.2) is 0 Å². The van der Waals surface area contributed by atoms with E-state index in [1.807, 2.05) is 0 Å². The van der Waals surface area contributed by atoms with Gasteiger partial charge in [0.1, 0.15) is 0 Å². The highest BCUT2D eigenvalue weighted by Crippen LogP contribution is 2.48. The number of benzene rings is 1. The van der Waals surface area contributed by atoms with Gasteiger partial charge in [0.2, 0.25) is 0 Å². The van der Waals surface area contributed by atoms with Gasteiger partial charge in [-0.1, -0.05) is 37.3 Å². The Morgan fingerprint density at radius 3 is 1.45 bits per heavy atom. The van der Waals surface area contributed by atoms with Crippen molar-refractivity contribution in [1.82, 2.24) is 0 Å². The number of hydrogen-bond acceptors (Lipinski definition) is 4. The summed E-state index contributed by atoms with van der Waals surface area (Å²) in [5.74, 6) is 0.305. The molecule has 3 rings (SSSR count). The maximum absolute atomic E-state index is 6.47. The van der Waals surface area contributed by atoms with Crippen molar-refractivity contribution in [1.29, 1.82) is 0 Å². The molecular weight excluding hydrogens is 362 g/mol. The van der Waals surface area contributed by atoms with Crippen LogP contribution in [-0.2, 0) is 25.0 Å². The van der Waals surface area contributed by atoms with Crippen molar-refractivity contribution in [3.05, 3.63) is 35.9 Å². The summed E-state index contributed by atoms with van der Waals surface area (Å²) in [5.41, 5.74) is -0.170. The fourth-order valence-electron chi connectivity index (χ4n) is 3.99. The fourth-order valence-corrected chi connectivity index (χ4v) is 3.99. The van der Waals surface area contributed by atoms with E-state index in [2.05, 4.69) is 92.6 Å². The highest BCUT2D eigenvalue weighted by Gasteiger charge is 2.62. The van der Waals surface area contributed by atoms with Gasteiger partial charge in [-0.3, -0.25) is 0 Å². The van der Waals surface area contributed by atoms with E-state index in [0.717, 1.165) is 12.8 Å². The van der Waals surface area contributed by atoms with Crippen LogP contribution in [0.15, 0.2) is 30.3 Å². The van der Waals surface area contributed by atoms with Gasteiger partial charge < -0.3 is 18.6 Å². The molecule has 0 amide bonds. The van der Waals surface area contributed by atoms with Crippen molar-refractivity contribution in [2.24, 2.45) is 5.92 Å². The summed E-state index contributed by atoms with van der Waals surface area (Å²) < 4.78 is 25.9. The van der Waals surface area contributed by atoms with Crippen LogP contribution in [-0.4, -0.2) is 36.6 Å². The molecule has 0 aliphatic carbocycles. The Kier molecular flexibility index (Phi) is 6.08. The minimum Gasteiger partial charge on any atom is -0.403 e. The summed E-state index contributed by atoms with van der Waals surface area (Å²) >= 11 is 0. The van der Waals surface area contributed by atoms with Gasteiger partial charge in [-0.2, -0.15) is 0 Å². The van der Waals surface area contributed by atoms with Crippen LogP contribution in [0.25, 0.3) is 0 Å². The lowest BCUT2D eigenvalue weighted by atomic mass is 9.46. The first-order valence-electron chi connectivity index (χ1n) is 11.0. The topological polar surface area (TPSA) is 36.9 Å². The van der Waals surface area contributed by atoms with E-state index in [4.69, 9.17) is 18.6 Å². The Morgan fingerprint density at radius 1 is 0.690 bits per heavy atom. The van der Waals surface area contributed by atoms with Gasteiger partial charge in [-0.05, 0) is 79.7 Å². The molecule has 2 heterocycles. The second kappa shape index (κ2) is 7.71. The first-order valence-corrected chi connectivity index (χ1v) is 11.0. The van der Waals surface area contributed by atoms with Gasteiger partial charge >= 0.3 is 14.2 Å². The standard InChI is InChI=1S/C23H38B2O4/c1-17(15-16-18-13-11-10-12-14-18)19(24-26-20(2,3)21(4,5)27-24)25-28-22(6,7)23(8,9)29-25/h10-14,17,19H,15-16H2,1-9H3. The van der Waals surface area contributed by atoms with Crippen LogP contribution in [0, 0.1) is 5.92 Å². The molecule has 160 valence electrons. The highest BCUT2D eigenvalue weighted by molar-refractivity contribution is 6.68. The molecule has 1 aromatic rings. The molecule has 0 bridgehead atoms. The Morgan fingerprint density at radius 2 is 1.07 bits per heavy atom. The summed E-state index contributed by atoms with van der Waals surface area (Å²) in [6, 6.07) is 10.6. The molecule has 1 unspecified atom stereocenters. The van der Waals surface area contributed by atoms with Crippen LogP contribution in [0.4, 0.5) is 0 Å². The molecule has 1 aromatic carbocycles. The van der Waals surface area contributed by atoms with E-state index >= 15 is 0 Å². The minimum absolute atomic E-state index is 0.0131. The van der Waals surface area contributed by atoms with E-state index in [0.29, 0.717) is 5.92 Å². The van der Waals surface area contributed by atoms with E-state index in [1.54, 1.807) is 0 Å². The van der Waals surface area contributed by atoms with Crippen LogP contribution in [0.3, 0.4) is 0 Å². The Bertz CT molecular complexity index is 634. The van der Waals surface area contributed by atoms with Crippen LogP contribution >= 0.6 is 0 Å². The zero-order valence-corrected chi connectivity index (χ0v) is 19.7. The summed E-state index contributed by atoms with van der Waals surface area (Å²) in [5, 5.41) is 0. The molecule has 0 spiro atoms. The molecule has 1 atom stereocenters. The van der Waals surface area contributed by atoms with Crippen LogP contribution in [0.1, 0.15) is 74.3 Å². The molecule has 0 radical (unpaired) electrons.